The van der Waals surface area contributed by atoms with Crippen LogP contribution < -0.4 is 5.56 Å². The van der Waals surface area contributed by atoms with E-state index in [2.05, 4.69) is 18.9 Å². The minimum atomic E-state index is -0.383. The molecule has 1 heterocycles. The molecule has 1 aromatic rings. The molecule has 0 amide bonds. The van der Waals surface area contributed by atoms with Crippen molar-refractivity contribution in [2.45, 2.75) is 82.9 Å². The molecule has 0 aliphatic heterocycles. The highest BCUT2D eigenvalue weighted by atomic mass is 35.5. The molecule has 0 radical (unpaired) electrons. The first-order valence-electron chi connectivity index (χ1n) is 9.14. The van der Waals surface area contributed by atoms with E-state index in [1.165, 1.54) is 4.68 Å². The molecular weight excluding hydrogens is 356 g/mol. The van der Waals surface area contributed by atoms with E-state index in [9.17, 15) is 4.79 Å². The summed E-state index contributed by atoms with van der Waals surface area (Å²) in [6.07, 6.45) is 6.36. The Morgan fingerprint density at radius 1 is 1.28 bits per heavy atom. The Kier molecular flexibility index (Phi) is 7.02. The molecule has 25 heavy (non-hydrogen) atoms. The molecule has 0 saturated heterocycles. The summed E-state index contributed by atoms with van der Waals surface area (Å²) < 4.78 is 7.50. The summed E-state index contributed by atoms with van der Waals surface area (Å²) in [6.45, 7) is 11.1. The van der Waals surface area contributed by atoms with Crippen molar-refractivity contribution >= 4 is 23.4 Å². The quantitative estimate of drug-likeness (QED) is 0.662. The van der Waals surface area contributed by atoms with E-state index in [4.69, 9.17) is 16.3 Å². The highest BCUT2D eigenvalue weighted by Crippen LogP contribution is 2.40. The minimum Gasteiger partial charge on any atom is -0.378 e. The molecule has 0 atom stereocenters. The molecule has 0 N–H and O–H groups in total. The normalized spacial score (nSPS) is 21.8. The lowest BCUT2D eigenvalue weighted by Gasteiger charge is -2.31. The first-order chi connectivity index (χ1) is 11.6. The highest BCUT2D eigenvalue weighted by molar-refractivity contribution is 7.98. The SMILES string of the molecule is CSc1nn(C(C)(C)C)c(=O)c(Cl)c1C1CCC(OCC(C)C)CC1. The number of halogens is 1. The van der Waals surface area contributed by atoms with Gasteiger partial charge in [-0.05, 0) is 64.5 Å². The van der Waals surface area contributed by atoms with Gasteiger partial charge in [-0.25, -0.2) is 4.68 Å². The molecule has 1 saturated carbocycles. The van der Waals surface area contributed by atoms with Gasteiger partial charge in [-0.1, -0.05) is 25.4 Å². The number of hydrogen-bond donors (Lipinski definition) is 0. The summed E-state index contributed by atoms with van der Waals surface area (Å²) in [5.74, 6) is 0.855. The zero-order valence-corrected chi connectivity index (χ0v) is 17.8. The lowest BCUT2D eigenvalue weighted by molar-refractivity contribution is 0.0102. The average molecular weight is 387 g/mol. The van der Waals surface area contributed by atoms with Crippen LogP contribution in [0.3, 0.4) is 0 Å². The summed E-state index contributed by atoms with van der Waals surface area (Å²) in [6, 6.07) is 0. The number of thioether (sulfide) groups is 1. The van der Waals surface area contributed by atoms with Gasteiger partial charge in [-0.3, -0.25) is 4.79 Å². The van der Waals surface area contributed by atoms with Crippen LogP contribution in [0.2, 0.25) is 5.02 Å². The predicted molar refractivity (Wildman–Crippen MR) is 106 cm³/mol. The Bertz CT molecular complexity index is 644. The molecule has 4 nitrogen and oxygen atoms in total. The topological polar surface area (TPSA) is 44.1 Å². The molecule has 6 heteroatoms. The standard InChI is InChI=1S/C19H31ClN2O2S/c1-12(2)11-24-14-9-7-13(8-10-14)15-16(20)18(23)22(19(3,4)5)21-17(15)25-6/h12-14H,7-11H2,1-6H3. The molecule has 142 valence electrons. The van der Waals surface area contributed by atoms with E-state index in [0.717, 1.165) is 42.9 Å². The third-order valence-electron chi connectivity index (χ3n) is 4.61. The fourth-order valence-electron chi connectivity index (χ4n) is 3.30. The van der Waals surface area contributed by atoms with Gasteiger partial charge in [-0.2, -0.15) is 5.10 Å². The minimum absolute atomic E-state index is 0.180. The lowest BCUT2D eigenvalue weighted by atomic mass is 9.83. The van der Waals surface area contributed by atoms with Gasteiger partial charge >= 0.3 is 0 Å². The average Bonchev–Trinajstić information content (AvgIpc) is 2.54. The Balaban J connectivity index is 2.23. The second-order valence-electron chi connectivity index (χ2n) is 8.33. The van der Waals surface area contributed by atoms with Crippen LogP contribution in [-0.4, -0.2) is 28.7 Å². The summed E-state index contributed by atoms with van der Waals surface area (Å²) in [5, 5.41) is 5.86. The van der Waals surface area contributed by atoms with Crippen molar-refractivity contribution < 1.29 is 4.74 Å². The number of hydrogen-bond acceptors (Lipinski definition) is 4. The van der Waals surface area contributed by atoms with E-state index >= 15 is 0 Å². The highest BCUT2D eigenvalue weighted by Gasteiger charge is 2.30. The number of nitrogens with zero attached hydrogens (tertiary/aromatic N) is 2. The molecule has 2 rings (SSSR count). The summed E-state index contributed by atoms with van der Waals surface area (Å²) in [7, 11) is 0. The Morgan fingerprint density at radius 3 is 2.36 bits per heavy atom. The molecule has 0 bridgehead atoms. The van der Waals surface area contributed by atoms with E-state index < -0.39 is 0 Å². The van der Waals surface area contributed by atoms with E-state index in [0.29, 0.717) is 23.0 Å². The van der Waals surface area contributed by atoms with Gasteiger partial charge in [0.1, 0.15) is 10.0 Å². The summed E-state index contributed by atoms with van der Waals surface area (Å²) in [5.41, 5.74) is 0.383. The van der Waals surface area contributed by atoms with Crippen LogP contribution >= 0.6 is 23.4 Å². The molecular formula is C19H31ClN2O2S. The summed E-state index contributed by atoms with van der Waals surface area (Å²) in [4.78, 5) is 12.7. The van der Waals surface area contributed by atoms with Crippen LogP contribution in [-0.2, 0) is 10.3 Å². The molecule has 1 aliphatic carbocycles. The van der Waals surface area contributed by atoms with Crippen molar-refractivity contribution in [3.63, 3.8) is 0 Å². The van der Waals surface area contributed by atoms with Gasteiger partial charge in [0, 0.05) is 12.2 Å². The van der Waals surface area contributed by atoms with Crippen LogP contribution in [0, 0.1) is 5.92 Å². The Morgan fingerprint density at radius 2 is 1.88 bits per heavy atom. The van der Waals surface area contributed by atoms with Crippen molar-refractivity contribution in [3.05, 3.63) is 20.9 Å². The smallest absolute Gasteiger partial charge is 0.286 e. The molecule has 0 unspecified atom stereocenters. The maximum absolute atomic E-state index is 12.7. The zero-order chi connectivity index (χ0) is 18.8. The third-order valence-corrected chi connectivity index (χ3v) is 5.67. The van der Waals surface area contributed by atoms with E-state index in [1.54, 1.807) is 11.8 Å². The first kappa shape index (κ1) is 20.8. The molecule has 1 fully saturated rings. The van der Waals surface area contributed by atoms with Gasteiger partial charge in [0.05, 0.1) is 11.6 Å². The molecule has 1 aromatic heterocycles. The van der Waals surface area contributed by atoms with Crippen molar-refractivity contribution in [1.82, 2.24) is 9.78 Å². The fourth-order valence-corrected chi connectivity index (χ4v) is 4.33. The number of ether oxygens (including phenoxy) is 1. The second-order valence-corrected chi connectivity index (χ2v) is 9.50. The second kappa shape index (κ2) is 8.45. The van der Waals surface area contributed by atoms with Crippen LogP contribution in [0.15, 0.2) is 9.82 Å². The Labute approximate surface area is 160 Å². The largest absolute Gasteiger partial charge is 0.378 e. The zero-order valence-electron chi connectivity index (χ0n) is 16.3. The van der Waals surface area contributed by atoms with Gasteiger partial charge in [0.15, 0.2) is 0 Å². The Hall–Kier alpha value is -0.520. The van der Waals surface area contributed by atoms with Gasteiger partial charge in [0.25, 0.3) is 5.56 Å². The number of aromatic nitrogens is 2. The summed E-state index contributed by atoms with van der Waals surface area (Å²) >= 11 is 8.11. The van der Waals surface area contributed by atoms with E-state index in [-0.39, 0.29) is 11.1 Å². The number of rotatable bonds is 5. The molecule has 0 aromatic carbocycles. The predicted octanol–water partition coefficient (Wildman–Crippen LogP) is 5.07. The van der Waals surface area contributed by atoms with Crippen LogP contribution in [0.25, 0.3) is 0 Å². The van der Waals surface area contributed by atoms with E-state index in [1.807, 2.05) is 27.0 Å². The molecule has 1 aliphatic rings. The lowest BCUT2D eigenvalue weighted by Crippen LogP contribution is -2.37. The maximum atomic E-state index is 12.7. The first-order valence-corrected chi connectivity index (χ1v) is 10.7. The fraction of sp³-hybridized carbons (Fsp3) is 0.789. The van der Waals surface area contributed by atoms with Crippen LogP contribution in [0.1, 0.15) is 71.8 Å². The monoisotopic (exact) mass is 386 g/mol. The van der Waals surface area contributed by atoms with Crippen molar-refractivity contribution in [3.8, 4) is 0 Å². The van der Waals surface area contributed by atoms with Crippen molar-refractivity contribution in [2.75, 3.05) is 12.9 Å². The maximum Gasteiger partial charge on any atom is 0.286 e. The van der Waals surface area contributed by atoms with Crippen molar-refractivity contribution in [2.24, 2.45) is 5.92 Å². The third kappa shape index (κ3) is 5.01. The van der Waals surface area contributed by atoms with Crippen LogP contribution in [0.4, 0.5) is 0 Å². The molecule has 0 spiro atoms. The van der Waals surface area contributed by atoms with Gasteiger partial charge < -0.3 is 4.74 Å². The van der Waals surface area contributed by atoms with Crippen LogP contribution in [0.5, 0.6) is 0 Å². The van der Waals surface area contributed by atoms with Gasteiger partial charge in [-0.15, -0.1) is 11.8 Å². The van der Waals surface area contributed by atoms with Gasteiger partial charge in [0.2, 0.25) is 0 Å². The van der Waals surface area contributed by atoms with Crippen molar-refractivity contribution in [1.29, 1.82) is 0 Å².